The lowest BCUT2D eigenvalue weighted by molar-refractivity contribution is 0.0939. The summed E-state index contributed by atoms with van der Waals surface area (Å²) in [5.74, 6) is -0.365. The predicted molar refractivity (Wildman–Crippen MR) is 584 cm³/mol. The standard InChI is InChI=1S/C24H28N6O.C23H26N6O.C22H24N6O.2C22H22N6/c1-15(2)26-24(31)18-13-17-20(29-12-10-16(14-29)28(3)4)9-11-25-22(17)30-21-8-6-5-7-19(21)27-23(18)30;1-4-24-23(30)17-13-16-19(28-12-10-15(14-28)27(2)3)9-11-25-21(16)29-20-8-6-5-7-18(20)26-22(17)29;1-23-22(29)16-12-15-18(27-11-9-14(13-27)26(2)3)8-10-24-20(15)28-19-7-5-4-6-17(19)25-21(16)28;2*1-14-10-20(27-9-8-16(13-27)26(2)3)17-11-15(12-23)21-25-18-6-4-5-7-19(18)28(21)22(17)24-14/h5-9,11,13,15-16H,10,12,14H2,1-4H3,(H,26,31);5-9,11,13,15H,4,10,12,14H2,1-3H3,(H,24,30);4-8,10,12,14H,9,11,13H2,1-3H3,(H,23,29);2*4-7,10-11,16H,8-9,13H2,1-3H3/t16-;15-;14-;2*16-/m11110/s1. The Morgan fingerprint density at radius 3 is 0.884 bits per heavy atom. The lowest BCUT2D eigenvalue weighted by Crippen LogP contribution is -2.31. The molecule has 3 N–H and O–H groups in total. The molecular formula is C113H122N30O3. The Hall–Kier alpha value is -15.9. The van der Waals surface area contributed by atoms with E-state index in [2.05, 4.69) is 178 Å². The highest BCUT2D eigenvalue weighted by molar-refractivity contribution is 6.11. The zero-order valence-electron chi connectivity index (χ0n) is 85.6. The van der Waals surface area contributed by atoms with Crippen LogP contribution in [0.4, 0.5) is 28.4 Å². The van der Waals surface area contributed by atoms with Crippen molar-refractivity contribution in [3.05, 3.63) is 240 Å². The van der Waals surface area contributed by atoms with Crippen molar-refractivity contribution >= 4 is 185 Å². The first-order chi connectivity index (χ1) is 70.7. The maximum Gasteiger partial charge on any atom is 0.255 e. The van der Waals surface area contributed by atoms with Crippen LogP contribution < -0.4 is 40.4 Å². The number of likely N-dealkylation sites (N-methyl/N-ethyl adjacent to an activating group) is 5. The summed E-state index contributed by atoms with van der Waals surface area (Å²) in [6.07, 6.45) is 11.2. The maximum atomic E-state index is 13.2. The number of pyridine rings is 10. The van der Waals surface area contributed by atoms with E-state index in [1.165, 1.54) is 0 Å². The molecule has 5 aliphatic heterocycles. The van der Waals surface area contributed by atoms with E-state index in [1.807, 2.05) is 227 Å². The fourth-order valence-electron chi connectivity index (χ4n) is 22.0. The molecule has 25 rings (SSSR count). The minimum absolute atomic E-state index is 0.0421. The van der Waals surface area contributed by atoms with Crippen molar-refractivity contribution in [2.24, 2.45) is 0 Å². The van der Waals surface area contributed by atoms with E-state index in [9.17, 15) is 24.9 Å². The summed E-state index contributed by atoms with van der Waals surface area (Å²) in [7, 11) is 23.0. The zero-order valence-corrected chi connectivity index (χ0v) is 85.6. The van der Waals surface area contributed by atoms with Gasteiger partial charge in [0.15, 0.2) is 28.2 Å². The average molecular weight is 1950 g/mol. The van der Waals surface area contributed by atoms with Gasteiger partial charge in [0.05, 0.1) is 83.0 Å². The Morgan fingerprint density at radius 2 is 0.610 bits per heavy atom. The SMILES string of the molecule is CC(C)NC(=O)c1cc2c(N3CC[C@@H](N(C)C)C3)ccnc2n2c1nc1ccccc12.CCNC(=O)c1cc2c(N3CC[C@@H](N(C)C)C3)ccnc2n2c1nc1ccccc12.CNC(=O)c1cc2c(N3CC[C@@H](N(C)C)C3)ccnc2n2c1nc1ccccc12.Cc1cc(N2CC[C@@H](N(C)C)C2)c2cc(C#N)c3nc4ccccc4n3c2n1.Cc1cc(N2CC[C@H](N(C)C)C2)c2cc(C#N)c3nc4ccccc4n3c2n1. The number of rotatable bonds is 15. The minimum Gasteiger partial charge on any atom is -0.369 e. The van der Waals surface area contributed by atoms with Crippen LogP contribution >= 0.6 is 0 Å². The number of anilines is 5. The second kappa shape index (κ2) is 39.7. The summed E-state index contributed by atoms with van der Waals surface area (Å²) in [6.45, 7) is 20.3. The number of carbonyl (C=O) groups is 3. The molecule has 5 aromatic carbocycles. The first-order valence-corrected chi connectivity index (χ1v) is 50.4. The van der Waals surface area contributed by atoms with Crippen molar-refractivity contribution < 1.29 is 14.4 Å². The molecule has 0 unspecified atom stereocenters. The molecule has 0 radical (unpaired) electrons. The number of hydrogen-bond donors (Lipinski definition) is 3. The third-order valence-corrected chi connectivity index (χ3v) is 29.8. The van der Waals surface area contributed by atoms with E-state index in [0.29, 0.717) is 92.8 Å². The van der Waals surface area contributed by atoms with Gasteiger partial charge in [-0.25, -0.2) is 49.8 Å². The number of hydrogen-bond acceptors (Lipinski definition) is 25. The molecule has 33 nitrogen and oxygen atoms in total. The molecule has 3 amide bonds. The molecule has 20 aromatic rings. The largest absolute Gasteiger partial charge is 0.369 e. The number of aryl methyl sites for hydroxylation is 2. The maximum absolute atomic E-state index is 13.2. The number of aromatic nitrogens is 15. The molecular weight excluding hydrogens is 1830 g/mol. The minimum atomic E-state index is -0.144. The molecule has 5 aliphatic rings. The molecule has 0 aliphatic carbocycles. The van der Waals surface area contributed by atoms with E-state index < -0.39 is 0 Å². The molecule has 5 atom stereocenters. The number of fused-ring (bicyclic) bond motifs is 25. The number of nitrogens with one attached hydrogen (secondary N) is 3. The second-order valence-corrected chi connectivity index (χ2v) is 40.4. The number of carbonyl (C=O) groups excluding carboxylic acids is 3. The van der Waals surface area contributed by atoms with Crippen molar-refractivity contribution in [3.8, 4) is 12.1 Å². The van der Waals surface area contributed by atoms with Gasteiger partial charge in [0.1, 0.15) is 40.4 Å². The number of benzene rings is 5. The second-order valence-electron chi connectivity index (χ2n) is 40.4. The van der Waals surface area contributed by atoms with Gasteiger partial charge in [-0.1, -0.05) is 60.7 Å². The highest BCUT2D eigenvalue weighted by Crippen LogP contribution is 2.42. The lowest BCUT2D eigenvalue weighted by Gasteiger charge is -2.23. The molecule has 0 saturated carbocycles. The van der Waals surface area contributed by atoms with Crippen LogP contribution in [0.3, 0.4) is 0 Å². The van der Waals surface area contributed by atoms with Crippen LogP contribution in [0.2, 0.25) is 0 Å². The Bertz CT molecular complexity index is 8430. The Morgan fingerprint density at radius 1 is 0.342 bits per heavy atom. The first-order valence-electron chi connectivity index (χ1n) is 50.4. The van der Waals surface area contributed by atoms with E-state index in [1.54, 1.807) is 7.05 Å². The van der Waals surface area contributed by atoms with Crippen molar-refractivity contribution in [3.63, 3.8) is 0 Å². The van der Waals surface area contributed by atoms with Crippen molar-refractivity contribution in [2.45, 2.75) is 103 Å². The highest BCUT2D eigenvalue weighted by atomic mass is 16.2. The summed E-state index contributed by atoms with van der Waals surface area (Å²) in [5.41, 5.74) is 27.1. The molecule has 20 heterocycles. The molecule has 5 fully saturated rings. The summed E-state index contributed by atoms with van der Waals surface area (Å²) < 4.78 is 10.2. The fourth-order valence-corrected chi connectivity index (χ4v) is 22.0. The van der Waals surface area contributed by atoms with Crippen LogP contribution in [0.1, 0.15) is 106 Å². The average Bonchev–Trinajstić information content (AvgIpc) is 1.58. The molecule has 33 heteroatoms. The number of nitriles is 2. The van der Waals surface area contributed by atoms with Crippen LogP contribution in [0, 0.1) is 36.5 Å². The quantitative estimate of drug-likeness (QED) is 0.0858. The van der Waals surface area contributed by atoms with Gasteiger partial charge >= 0.3 is 0 Å². The van der Waals surface area contributed by atoms with Crippen LogP contribution in [0.25, 0.3) is 139 Å². The Kier molecular flexibility index (Phi) is 26.1. The van der Waals surface area contributed by atoms with Gasteiger partial charge < -0.3 is 64.9 Å². The van der Waals surface area contributed by atoms with Crippen molar-refractivity contribution in [1.29, 1.82) is 10.5 Å². The molecule has 5 saturated heterocycles. The fraction of sp³-hybridized carbons (Fsp3) is 0.336. The first kappa shape index (κ1) is 96.2. The molecule has 15 aromatic heterocycles. The van der Waals surface area contributed by atoms with Crippen LogP contribution in [-0.2, 0) is 0 Å². The van der Waals surface area contributed by atoms with Gasteiger partial charge in [0, 0.05) is 201 Å². The Balaban J connectivity index is 0.000000107. The topological polar surface area (TPSA) is 318 Å². The van der Waals surface area contributed by atoms with Gasteiger partial charge in [0.2, 0.25) is 0 Å². The third-order valence-electron chi connectivity index (χ3n) is 29.8. The number of nitrogens with zero attached hydrogens (tertiary/aromatic N) is 27. The third kappa shape index (κ3) is 17.6. The van der Waals surface area contributed by atoms with Gasteiger partial charge in [-0.2, -0.15) is 10.5 Å². The molecule has 146 heavy (non-hydrogen) atoms. The van der Waals surface area contributed by atoms with Crippen LogP contribution in [0.5, 0.6) is 0 Å². The molecule has 0 spiro atoms. The van der Waals surface area contributed by atoms with Crippen molar-refractivity contribution in [2.75, 3.05) is 174 Å². The van der Waals surface area contributed by atoms with Crippen LogP contribution in [0.15, 0.2) is 201 Å². The zero-order chi connectivity index (χ0) is 101. The van der Waals surface area contributed by atoms with E-state index in [0.717, 1.165) is 248 Å². The normalized spacial score (nSPS) is 17.1. The van der Waals surface area contributed by atoms with Crippen LogP contribution in [-0.4, -0.2) is 300 Å². The smallest absolute Gasteiger partial charge is 0.255 e. The van der Waals surface area contributed by atoms with E-state index >= 15 is 0 Å². The summed E-state index contributed by atoms with van der Waals surface area (Å²) in [5, 5.41) is 33.3. The number of amides is 3. The highest BCUT2D eigenvalue weighted by Gasteiger charge is 2.35. The van der Waals surface area contributed by atoms with Crippen molar-refractivity contribution in [1.82, 2.24) is 112 Å². The molecule has 742 valence electrons. The van der Waals surface area contributed by atoms with Gasteiger partial charge in [-0.3, -0.25) is 36.4 Å². The predicted octanol–water partition coefficient (Wildman–Crippen LogP) is 15.5. The van der Waals surface area contributed by atoms with E-state index in [4.69, 9.17) is 49.8 Å². The summed E-state index contributed by atoms with van der Waals surface area (Å²) >= 11 is 0. The van der Waals surface area contributed by atoms with Gasteiger partial charge in [0.25, 0.3) is 17.7 Å². The number of para-hydroxylation sites is 10. The lowest BCUT2D eigenvalue weighted by atomic mass is 10.1. The van der Waals surface area contributed by atoms with E-state index in [-0.39, 0.29) is 23.8 Å². The number of imidazole rings is 5. The van der Waals surface area contributed by atoms with Gasteiger partial charge in [-0.05, 0) is 259 Å². The summed E-state index contributed by atoms with van der Waals surface area (Å²) in [6, 6.07) is 67.5. The Labute approximate surface area is 845 Å². The molecule has 0 bridgehead atoms. The summed E-state index contributed by atoms with van der Waals surface area (Å²) in [4.78, 5) is 110. The monoisotopic (exact) mass is 1950 g/mol. The van der Waals surface area contributed by atoms with Gasteiger partial charge in [-0.15, -0.1) is 0 Å².